The molecule has 0 saturated carbocycles. The molecule has 138 valence electrons. The van der Waals surface area contributed by atoms with Crippen molar-refractivity contribution in [3.8, 4) is 6.01 Å². The Labute approximate surface area is 147 Å². The Morgan fingerprint density at radius 3 is 2.80 bits per heavy atom. The largest absolute Gasteiger partial charge is 0.463 e. The van der Waals surface area contributed by atoms with Gasteiger partial charge in [-0.2, -0.15) is 9.97 Å². The van der Waals surface area contributed by atoms with Crippen molar-refractivity contribution >= 4 is 17.3 Å². The number of hydrogen-bond acceptors (Lipinski definition) is 8. The minimum absolute atomic E-state index is 0.0707. The van der Waals surface area contributed by atoms with Gasteiger partial charge in [-0.3, -0.25) is 0 Å². The number of unbranched alkanes of at least 4 members (excludes halogenated alkanes) is 1. The summed E-state index contributed by atoms with van der Waals surface area (Å²) in [5.41, 5.74) is 10.3. The molecular weight excluding hydrogens is 324 g/mol. The maximum absolute atomic E-state index is 10.6. The lowest BCUT2D eigenvalue weighted by Crippen LogP contribution is -2.13. The summed E-state index contributed by atoms with van der Waals surface area (Å²) in [6.45, 7) is 9.19. The minimum atomic E-state index is 0.0707. The molecule has 1 rings (SSSR count). The van der Waals surface area contributed by atoms with E-state index in [0.717, 1.165) is 24.0 Å². The monoisotopic (exact) mass is 350 g/mol. The van der Waals surface area contributed by atoms with Crippen LogP contribution in [0, 0.1) is 4.91 Å². The van der Waals surface area contributed by atoms with E-state index in [2.05, 4.69) is 39.5 Å². The number of nitroso groups, excluding NO2 is 1. The molecule has 0 aromatic carbocycles. The molecule has 1 aromatic heterocycles. The summed E-state index contributed by atoms with van der Waals surface area (Å²) in [7, 11) is 1.63. The summed E-state index contributed by atoms with van der Waals surface area (Å²) in [6.07, 6.45) is 3.60. The number of nitrogen functional groups attached to an aromatic ring is 1. The molecule has 0 aliphatic rings. The second-order valence-electron chi connectivity index (χ2n) is 5.32. The van der Waals surface area contributed by atoms with Gasteiger partial charge >= 0.3 is 6.01 Å². The van der Waals surface area contributed by atoms with Gasteiger partial charge in [-0.15, -0.1) is 4.91 Å². The topological polar surface area (TPSA) is 124 Å². The van der Waals surface area contributed by atoms with Gasteiger partial charge < -0.3 is 20.5 Å². The summed E-state index contributed by atoms with van der Waals surface area (Å²) in [6, 6.07) is 0.141. The average molecular weight is 350 g/mol. The summed E-state index contributed by atoms with van der Waals surface area (Å²) in [5, 5.41) is 5.75. The first-order valence-corrected chi connectivity index (χ1v) is 7.99. The Hall–Kier alpha value is -2.68. The van der Waals surface area contributed by atoms with Gasteiger partial charge in [0.05, 0.1) is 18.5 Å². The number of aromatic nitrogens is 2. The molecule has 0 spiro atoms. The lowest BCUT2D eigenvalue weighted by atomic mass is 10.1. The highest BCUT2D eigenvalue weighted by atomic mass is 16.5. The van der Waals surface area contributed by atoms with Gasteiger partial charge in [0.25, 0.3) is 0 Å². The van der Waals surface area contributed by atoms with Crippen LogP contribution >= 0.6 is 0 Å². The van der Waals surface area contributed by atoms with E-state index in [1.54, 1.807) is 13.2 Å². The van der Waals surface area contributed by atoms with Crippen LogP contribution in [0.1, 0.15) is 26.7 Å². The molecule has 0 aliphatic heterocycles. The fraction of sp³-hybridized carbons (Fsp3) is 0.500. The van der Waals surface area contributed by atoms with Crippen molar-refractivity contribution in [2.45, 2.75) is 26.7 Å². The summed E-state index contributed by atoms with van der Waals surface area (Å²) >= 11 is 0. The number of ether oxygens (including phenoxy) is 2. The Balaban J connectivity index is 3.02. The highest BCUT2D eigenvalue weighted by molar-refractivity contribution is 5.75. The number of nitrogens with zero attached hydrogens (tertiary/aromatic N) is 3. The van der Waals surface area contributed by atoms with E-state index in [1.165, 1.54) is 0 Å². The zero-order valence-corrected chi connectivity index (χ0v) is 15.0. The van der Waals surface area contributed by atoms with Crippen LogP contribution in [-0.2, 0) is 4.74 Å². The van der Waals surface area contributed by atoms with Crippen molar-refractivity contribution in [3.63, 3.8) is 0 Å². The highest BCUT2D eigenvalue weighted by Crippen LogP contribution is 2.28. The fourth-order valence-electron chi connectivity index (χ4n) is 2.00. The van der Waals surface area contributed by atoms with Crippen LogP contribution in [0.5, 0.6) is 6.01 Å². The molecule has 0 bridgehead atoms. The maximum atomic E-state index is 10.6. The second kappa shape index (κ2) is 11.0. The van der Waals surface area contributed by atoms with Crippen LogP contribution in [0.2, 0.25) is 0 Å². The normalized spacial score (nSPS) is 11.5. The van der Waals surface area contributed by atoms with Gasteiger partial charge in [-0.25, -0.2) is 5.43 Å². The molecule has 25 heavy (non-hydrogen) atoms. The number of anilines is 3. The van der Waals surface area contributed by atoms with Crippen LogP contribution in [0.4, 0.5) is 17.3 Å². The number of hydrogen-bond donors (Lipinski definition) is 3. The molecule has 1 heterocycles. The molecule has 1 aromatic rings. The lowest BCUT2D eigenvalue weighted by molar-refractivity contribution is 0.225. The van der Waals surface area contributed by atoms with Crippen molar-refractivity contribution in [2.24, 2.45) is 5.29 Å². The van der Waals surface area contributed by atoms with Gasteiger partial charge in [0.2, 0.25) is 0 Å². The molecule has 0 aliphatic carbocycles. The Kier molecular flexibility index (Phi) is 8.94. The molecule has 0 radical (unpaired) electrons. The van der Waals surface area contributed by atoms with Crippen molar-refractivity contribution < 1.29 is 9.47 Å². The molecule has 0 amide bonds. The van der Waals surface area contributed by atoms with Gasteiger partial charge in [-0.05, 0) is 24.5 Å². The zero-order chi connectivity index (χ0) is 18.7. The SMILES string of the molecule is C=C/C(CNc1nc(OCCCC)nc(N)c1NN=O)=C(\C)COC. The van der Waals surface area contributed by atoms with E-state index in [0.29, 0.717) is 25.6 Å². The lowest BCUT2D eigenvalue weighted by Gasteiger charge is -2.14. The van der Waals surface area contributed by atoms with Crippen LogP contribution < -0.4 is 21.2 Å². The van der Waals surface area contributed by atoms with E-state index >= 15 is 0 Å². The quantitative estimate of drug-likeness (QED) is 0.227. The van der Waals surface area contributed by atoms with E-state index in [-0.39, 0.29) is 17.5 Å². The summed E-state index contributed by atoms with van der Waals surface area (Å²) < 4.78 is 10.6. The van der Waals surface area contributed by atoms with Gasteiger partial charge in [0.1, 0.15) is 5.69 Å². The van der Waals surface area contributed by atoms with Crippen LogP contribution in [0.3, 0.4) is 0 Å². The fourth-order valence-corrected chi connectivity index (χ4v) is 2.00. The Morgan fingerprint density at radius 2 is 2.20 bits per heavy atom. The first-order valence-electron chi connectivity index (χ1n) is 7.99. The third kappa shape index (κ3) is 6.38. The molecule has 0 fully saturated rings. The average Bonchev–Trinajstić information content (AvgIpc) is 2.58. The first kappa shape index (κ1) is 20.4. The smallest absolute Gasteiger partial charge is 0.320 e. The summed E-state index contributed by atoms with van der Waals surface area (Å²) in [5.74, 6) is 0.393. The predicted molar refractivity (Wildman–Crippen MR) is 99.5 cm³/mol. The van der Waals surface area contributed by atoms with Crippen LogP contribution in [0.15, 0.2) is 29.1 Å². The molecular formula is C16H26N6O3. The predicted octanol–water partition coefficient (Wildman–Crippen LogP) is 2.89. The van der Waals surface area contributed by atoms with E-state index in [1.807, 2.05) is 6.92 Å². The minimum Gasteiger partial charge on any atom is -0.463 e. The first-order chi connectivity index (χ1) is 12.1. The summed E-state index contributed by atoms with van der Waals surface area (Å²) in [4.78, 5) is 18.9. The van der Waals surface area contributed by atoms with Crippen LogP contribution in [-0.4, -0.2) is 36.8 Å². The molecule has 0 atom stereocenters. The van der Waals surface area contributed by atoms with Gasteiger partial charge in [0, 0.05) is 13.7 Å². The highest BCUT2D eigenvalue weighted by Gasteiger charge is 2.14. The third-order valence-electron chi connectivity index (χ3n) is 3.40. The molecule has 9 nitrogen and oxygen atoms in total. The molecule has 4 N–H and O–H groups in total. The molecule has 9 heteroatoms. The number of nitrogens with one attached hydrogen (secondary N) is 2. The van der Waals surface area contributed by atoms with Crippen molar-refractivity contribution in [2.75, 3.05) is 43.3 Å². The third-order valence-corrected chi connectivity index (χ3v) is 3.40. The van der Waals surface area contributed by atoms with Crippen molar-refractivity contribution in [1.82, 2.24) is 9.97 Å². The van der Waals surface area contributed by atoms with Crippen molar-refractivity contribution in [1.29, 1.82) is 0 Å². The van der Waals surface area contributed by atoms with E-state index in [4.69, 9.17) is 15.2 Å². The number of nitrogens with two attached hydrogens (primary N) is 1. The zero-order valence-electron chi connectivity index (χ0n) is 15.0. The molecule has 0 saturated heterocycles. The number of rotatable bonds is 12. The van der Waals surface area contributed by atoms with Gasteiger partial charge in [0.15, 0.2) is 11.6 Å². The van der Waals surface area contributed by atoms with E-state index in [9.17, 15) is 4.91 Å². The molecule has 0 unspecified atom stereocenters. The maximum Gasteiger partial charge on any atom is 0.320 e. The van der Waals surface area contributed by atoms with E-state index < -0.39 is 0 Å². The Bertz CT molecular complexity index is 618. The Morgan fingerprint density at radius 1 is 1.44 bits per heavy atom. The second-order valence-corrected chi connectivity index (χ2v) is 5.32. The number of methoxy groups -OCH3 is 1. The standard InChI is InChI=1S/C16H26N6O3/c1-5-7-8-25-16-19-14(17)13(21-22-23)15(20-16)18-9-12(6-2)11(3)10-24-4/h6H,2,5,7-10H2,1,3-4H3,(H,21,23)(H3,17,18,19,20)/b12-11-. The van der Waals surface area contributed by atoms with Crippen molar-refractivity contribution in [3.05, 3.63) is 28.7 Å². The van der Waals surface area contributed by atoms with Crippen LogP contribution in [0.25, 0.3) is 0 Å². The van der Waals surface area contributed by atoms with Gasteiger partial charge in [-0.1, -0.05) is 26.0 Å².